The molecule has 0 unspecified atom stereocenters. The van der Waals surface area contributed by atoms with E-state index in [1.54, 1.807) is 24.3 Å². The van der Waals surface area contributed by atoms with Crippen LogP contribution in [-0.2, 0) is 9.59 Å². The molecule has 0 aliphatic carbocycles. The molecule has 4 rings (SSSR count). The van der Waals surface area contributed by atoms with Gasteiger partial charge in [0.1, 0.15) is 11.9 Å². The Morgan fingerprint density at radius 1 is 1.06 bits per heavy atom. The first-order valence-corrected chi connectivity index (χ1v) is 11.2. The van der Waals surface area contributed by atoms with Crippen molar-refractivity contribution in [2.75, 3.05) is 5.32 Å². The molecule has 1 aliphatic rings. The average Bonchev–Trinajstić information content (AvgIpc) is 3.11. The number of hydrogen-bond acceptors (Lipinski definition) is 4. The van der Waals surface area contributed by atoms with E-state index in [-0.39, 0.29) is 36.2 Å². The molecule has 0 saturated carbocycles. The van der Waals surface area contributed by atoms with Crippen molar-refractivity contribution in [1.29, 1.82) is 0 Å². The van der Waals surface area contributed by atoms with Gasteiger partial charge in [-0.15, -0.1) is 0 Å². The van der Waals surface area contributed by atoms with Gasteiger partial charge in [0.05, 0.1) is 34.7 Å². The third-order valence-corrected chi connectivity index (χ3v) is 5.84. The molecule has 0 spiro atoms. The summed E-state index contributed by atoms with van der Waals surface area (Å²) < 4.78 is 2.14. The molecule has 1 aromatic heterocycles. The van der Waals surface area contributed by atoms with Gasteiger partial charge in [-0.05, 0) is 44.0 Å². The Hall–Kier alpha value is -3.68. The number of para-hydroxylation sites is 3. The lowest BCUT2D eigenvalue weighted by atomic mass is 10.0. The maximum Gasteiger partial charge on any atom is 0.254 e. The maximum atomic E-state index is 13.1. The molecule has 33 heavy (non-hydrogen) atoms. The van der Waals surface area contributed by atoms with Crippen LogP contribution in [0.2, 0.25) is 0 Å². The number of aromatic nitrogens is 2. The van der Waals surface area contributed by atoms with Gasteiger partial charge in [-0.1, -0.05) is 38.1 Å². The number of rotatable bonds is 6. The van der Waals surface area contributed by atoms with Crippen LogP contribution in [0.4, 0.5) is 5.69 Å². The fourth-order valence-corrected chi connectivity index (χ4v) is 4.23. The quantitative estimate of drug-likeness (QED) is 0.537. The smallest absolute Gasteiger partial charge is 0.254 e. The van der Waals surface area contributed by atoms with Crippen molar-refractivity contribution in [3.05, 3.63) is 59.9 Å². The Balaban J connectivity index is 1.56. The van der Waals surface area contributed by atoms with Crippen LogP contribution >= 0.6 is 0 Å². The molecule has 0 fully saturated rings. The molecule has 3 aromatic rings. The number of carbonyl (C=O) groups excluding carboxylic acids is 3. The SMILES string of the molecule is CC(C)[C@H](NC(=O)C[C@@H]1NC(=O)c2ccccc2NC1=O)c1nc2ccccc2n1C(C)C. The number of benzene rings is 2. The fourth-order valence-electron chi connectivity index (χ4n) is 4.23. The minimum atomic E-state index is -0.971. The number of amides is 3. The van der Waals surface area contributed by atoms with Crippen molar-refractivity contribution in [3.63, 3.8) is 0 Å². The van der Waals surface area contributed by atoms with Gasteiger partial charge < -0.3 is 20.5 Å². The lowest BCUT2D eigenvalue weighted by molar-refractivity contribution is -0.126. The normalized spacial score (nSPS) is 16.8. The van der Waals surface area contributed by atoms with E-state index in [1.807, 2.05) is 38.1 Å². The maximum absolute atomic E-state index is 13.1. The minimum absolute atomic E-state index is 0.0602. The van der Waals surface area contributed by atoms with Crippen LogP contribution in [0.5, 0.6) is 0 Å². The van der Waals surface area contributed by atoms with Gasteiger partial charge in [-0.2, -0.15) is 0 Å². The van der Waals surface area contributed by atoms with E-state index in [9.17, 15) is 14.4 Å². The molecule has 3 N–H and O–H groups in total. The van der Waals surface area contributed by atoms with Crippen molar-refractivity contribution in [2.45, 2.75) is 52.2 Å². The molecule has 172 valence electrons. The predicted molar refractivity (Wildman–Crippen MR) is 127 cm³/mol. The van der Waals surface area contributed by atoms with E-state index in [0.717, 1.165) is 16.9 Å². The molecule has 8 nitrogen and oxygen atoms in total. The van der Waals surface area contributed by atoms with E-state index in [2.05, 4.69) is 34.4 Å². The van der Waals surface area contributed by atoms with E-state index in [1.165, 1.54) is 0 Å². The Kier molecular flexibility index (Phi) is 6.18. The molecule has 2 atom stereocenters. The first kappa shape index (κ1) is 22.5. The molecule has 0 saturated heterocycles. The van der Waals surface area contributed by atoms with Crippen molar-refractivity contribution in [1.82, 2.24) is 20.2 Å². The summed E-state index contributed by atoms with van der Waals surface area (Å²) in [5, 5.41) is 8.48. The third kappa shape index (κ3) is 4.46. The summed E-state index contributed by atoms with van der Waals surface area (Å²) in [6.45, 7) is 8.21. The van der Waals surface area contributed by atoms with E-state index >= 15 is 0 Å². The summed E-state index contributed by atoms with van der Waals surface area (Å²) >= 11 is 0. The molecule has 1 aliphatic heterocycles. The molecule has 0 bridgehead atoms. The zero-order valence-electron chi connectivity index (χ0n) is 19.3. The van der Waals surface area contributed by atoms with Gasteiger partial charge >= 0.3 is 0 Å². The molecule has 8 heteroatoms. The van der Waals surface area contributed by atoms with Crippen LogP contribution in [0.1, 0.15) is 62.4 Å². The van der Waals surface area contributed by atoms with Crippen LogP contribution in [-0.4, -0.2) is 33.3 Å². The number of hydrogen-bond donors (Lipinski definition) is 3. The van der Waals surface area contributed by atoms with Crippen molar-refractivity contribution < 1.29 is 14.4 Å². The highest BCUT2D eigenvalue weighted by Gasteiger charge is 2.31. The number of nitrogens with one attached hydrogen (secondary N) is 3. The van der Waals surface area contributed by atoms with Crippen molar-refractivity contribution in [2.24, 2.45) is 5.92 Å². The Morgan fingerprint density at radius 2 is 1.76 bits per heavy atom. The molecule has 3 amide bonds. The van der Waals surface area contributed by atoms with Crippen LogP contribution in [0, 0.1) is 5.92 Å². The van der Waals surface area contributed by atoms with Crippen LogP contribution in [0.3, 0.4) is 0 Å². The standard InChI is InChI=1S/C25H29N5O3/c1-14(2)22(23-26-18-11-7-8-12-20(18)30(23)15(3)4)29-21(31)13-19-25(33)27-17-10-6-5-9-16(17)24(32)28-19/h5-12,14-15,19,22H,13H2,1-4H3,(H,27,33)(H,28,32)(H,29,31)/t19-,22-/m0/s1. The largest absolute Gasteiger partial charge is 0.346 e. The fraction of sp³-hybridized carbons (Fsp3) is 0.360. The topological polar surface area (TPSA) is 105 Å². The van der Waals surface area contributed by atoms with Crippen molar-refractivity contribution in [3.8, 4) is 0 Å². The summed E-state index contributed by atoms with van der Waals surface area (Å²) in [6, 6.07) is 13.5. The van der Waals surface area contributed by atoms with Gasteiger partial charge in [-0.3, -0.25) is 14.4 Å². The Labute approximate surface area is 192 Å². The molecular formula is C25H29N5O3. The Morgan fingerprint density at radius 3 is 2.48 bits per heavy atom. The van der Waals surface area contributed by atoms with Crippen molar-refractivity contribution >= 4 is 34.4 Å². The lowest BCUT2D eigenvalue weighted by Gasteiger charge is -2.25. The first-order valence-electron chi connectivity index (χ1n) is 11.2. The number of anilines is 1. The third-order valence-electron chi connectivity index (χ3n) is 5.84. The van der Waals surface area contributed by atoms with Gasteiger partial charge in [0.25, 0.3) is 5.91 Å². The highest BCUT2D eigenvalue weighted by molar-refractivity contribution is 6.10. The Bertz CT molecular complexity index is 1210. The number of nitrogens with zero attached hydrogens (tertiary/aromatic N) is 2. The summed E-state index contributed by atoms with van der Waals surface area (Å²) in [6.07, 6.45) is -0.170. The monoisotopic (exact) mass is 447 g/mol. The summed E-state index contributed by atoms with van der Waals surface area (Å²) in [5.74, 6) is -0.299. The van der Waals surface area contributed by atoms with E-state index in [4.69, 9.17) is 4.98 Å². The average molecular weight is 448 g/mol. The lowest BCUT2D eigenvalue weighted by Crippen LogP contribution is -2.45. The van der Waals surface area contributed by atoms with E-state index < -0.39 is 11.9 Å². The second kappa shape index (κ2) is 9.05. The molecule has 2 heterocycles. The van der Waals surface area contributed by atoms with Gasteiger partial charge in [0.2, 0.25) is 11.8 Å². The van der Waals surface area contributed by atoms with Gasteiger partial charge in [0.15, 0.2) is 0 Å². The van der Waals surface area contributed by atoms with Gasteiger partial charge in [-0.25, -0.2) is 4.98 Å². The van der Waals surface area contributed by atoms with E-state index in [0.29, 0.717) is 11.3 Å². The summed E-state index contributed by atoms with van der Waals surface area (Å²) in [4.78, 5) is 43.1. The number of fused-ring (bicyclic) bond motifs is 2. The van der Waals surface area contributed by atoms with Crippen LogP contribution < -0.4 is 16.0 Å². The summed E-state index contributed by atoms with van der Waals surface area (Å²) in [5.41, 5.74) is 2.69. The van der Waals surface area contributed by atoms with Crippen LogP contribution in [0.15, 0.2) is 48.5 Å². The second-order valence-corrected chi connectivity index (χ2v) is 8.98. The molecule has 0 radical (unpaired) electrons. The summed E-state index contributed by atoms with van der Waals surface area (Å²) in [7, 11) is 0. The first-order chi connectivity index (χ1) is 15.8. The molecular weight excluding hydrogens is 418 g/mol. The molecule has 2 aromatic carbocycles. The zero-order chi connectivity index (χ0) is 23.7. The highest BCUT2D eigenvalue weighted by Crippen LogP contribution is 2.29. The number of carbonyl (C=O) groups is 3. The highest BCUT2D eigenvalue weighted by atomic mass is 16.2. The number of imidazole rings is 1. The second-order valence-electron chi connectivity index (χ2n) is 8.98. The van der Waals surface area contributed by atoms with Crippen LogP contribution in [0.25, 0.3) is 11.0 Å². The van der Waals surface area contributed by atoms with Gasteiger partial charge in [0, 0.05) is 6.04 Å². The minimum Gasteiger partial charge on any atom is -0.346 e. The predicted octanol–water partition coefficient (Wildman–Crippen LogP) is 3.57. The zero-order valence-corrected chi connectivity index (χ0v) is 19.3.